The number of rotatable bonds is 6. The molecule has 138 valence electrons. The topological polar surface area (TPSA) is 48.3 Å². The maximum absolute atomic E-state index is 9.45. The first-order valence-corrected chi connectivity index (χ1v) is 9.54. The van der Waals surface area contributed by atoms with Crippen LogP contribution in [0.4, 0.5) is 0 Å². The Morgan fingerprint density at radius 2 is 1.58 bits per heavy atom. The predicted molar refractivity (Wildman–Crippen MR) is 106 cm³/mol. The number of ether oxygens (including phenoxy) is 1. The van der Waals surface area contributed by atoms with Crippen molar-refractivity contribution in [3.8, 4) is 5.75 Å². The van der Waals surface area contributed by atoms with Gasteiger partial charge >= 0.3 is 0 Å². The van der Waals surface area contributed by atoms with Crippen molar-refractivity contribution in [3.63, 3.8) is 0 Å². The van der Waals surface area contributed by atoms with E-state index >= 15 is 0 Å². The number of oxime groups is 1. The summed E-state index contributed by atoms with van der Waals surface area (Å²) < 4.78 is 5.19. The summed E-state index contributed by atoms with van der Waals surface area (Å²) in [6, 6.07) is 16.2. The van der Waals surface area contributed by atoms with Gasteiger partial charge in [0.25, 0.3) is 0 Å². The van der Waals surface area contributed by atoms with E-state index in [0.29, 0.717) is 6.54 Å². The summed E-state index contributed by atoms with van der Waals surface area (Å²) in [6.45, 7) is 4.78. The molecule has 0 atom stereocenters. The largest absolute Gasteiger partial charge is 0.497 e. The highest BCUT2D eigenvalue weighted by atomic mass is 32.2. The number of hydrogen-bond acceptors (Lipinski definition) is 6. The van der Waals surface area contributed by atoms with E-state index in [1.165, 1.54) is 0 Å². The van der Waals surface area contributed by atoms with Gasteiger partial charge in [-0.15, -0.1) is 0 Å². The van der Waals surface area contributed by atoms with Crippen LogP contribution in [-0.2, 0) is 0 Å². The number of piperazine rings is 1. The lowest BCUT2D eigenvalue weighted by Gasteiger charge is -2.32. The molecule has 1 aliphatic rings. The summed E-state index contributed by atoms with van der Waals surface area (Å²) in [5.74, 6) is 0.859. The third-order valence-electron chi connectivity index (χ3n) is 4.57. The fraction of sp³-hybridized carbons (Fsp3) is 0.350. The van der Waals surface area contributed by atoms with E-state index in [9.17, 15) is 5.21 Å². The zero-order chi connectivity index (χ0) is 18.4. The fourth-order valence-corrected chi connectivity index (χ4v) is 3.71. The molecule has 1 heterocycles. The van der Waals surface area contributed by atoms with Crippen LogP contribution in [-0.4, -0.2) is 67.6 Å². The van der Waals surface area contributed by atoms with Crippen molar-refractivity contribution in [2.24, 2.45) is 5.16 Å². The minimum atomic E-state index is 0.676. The van der Waals surface area contributed by atoms with Gasteiger partial charge in [0.1, 0.15) is 11.5 Å². The molecule has 0 spiro atoms. The van der Waals surface area contributed by atoms with E-state index in [2.05, 4.69) is 34.1 Å². The molecule has 5 nitrogen and oxygen atoms in total. The quantitative estimate of drug-likeness (QED) is 0.480. The summed E-state index contributed by atoms with van der Waals surface area (Å²) in [4.78, 5) is 6.95. The van der Waals surface area contributed by atoms with E-state index in [1.807, 2.05) is 36.4 Å². The molecule has 2 aromatic rings. The van der Waals surface area contributed by atoms with Crippen molar-refractivity contribution in [3.05, 3.63) is 54.1 Å². The van der Waals surface area contributed by atoms with Crippen molar-refractivity contribution >= 4 is 17.5 Å². The summed E-state index contributed by atoms with van der Waals surface area (Å²) in [7, 11) is 3.81. The van der Waals surface area contributed by atoms with Crippen molar-refractivity contribution < 1.29 is 9.94 Å². The standard InChI is InChI=1S/C20H25N3O2S/c1-22-11-13-23(14-12-22)15-20(21-24)16-3-7-18(8-4-16)26-19-9-5-17(25-2)6-10-19/h3-10,24H,11-15H2,1-2H3. The van der Waals surface area contributed by atoms with Crippen molar-refractivity contribution in [1.29, 1.82) is 0 Å². The normalized spacial score (nSPS) is 16.6. The van der Waals surface area contributed by atoms with Gasteiger partial charge in [-0.25, -0.2) is 0 Å². The number of methoxy groups -OCH3 is 1. The Kier molecular flexibility index (Phi) is 6.55. The maximum atomic E-state index is 9.45. The Morgan fingerprint density at radius 1 is 1.00 bits per heavy atom. The second kappa shape index (κ2) is 9.07. The minimum Gasteiger partial charge on any atom is -0.497 e. The Morgan fingerprint density at radius 3 is 2.12 bits per heavy atom. The van der Waals surface area contributed by atoms with Gasteiger partial charge in [-0.3, -0.25) is 4.90 Å². The van der Waals surface area contributed by atoms with Crippen molar-refractivity contribution in [1.82, 2.24) is 9.80 Å². The van der Waals surface area contributed by atoms with Crippen LogP contribution in [0.1, 0.15) is 5.56 Å². The van der Waals surface area contributed by atoms with E-state index < -0.39 is 0 Å². The monoisotopic (exact) mass is 371 g/mol. The van der Waals surface area contributed by atoms with Gasteiger partial charge < -0.3 is 14.8 Å². The smallest absolute Gasteiger partial charge is 0.118 e. The van der Waals surface area contributed by atoms with E-state index in [1.54, 1.807) is 18.9 Å². The van der Waals surface area contributed by atoms with Crippen LogP contribution in [0.5, 0.6) is 5.75 Å². The van der Waals surface area contributed by atoms with E-state index in [4.69, 9.17) is 4.74 Å². The lowest BCUT2D eigenvalue weighted by molar-refractivity contribution is 0.169. The maximum Gasteiger partial charge on any atom is 0.118 e. The van der Waals surface area contributed by atoms with E-state index in [0.717, 1.165) is 53.0 Å². The number of nitrogens with zero attached hydrogens (tertiary/aromatic N) is 3. The second-order valence-electron chi connectivity index (χ2n) is 6.43. The summed E-state index contributed by atoms with van der Waals surface area (Å²) >= 11 is 1.70. The summed E-state index contributed by atoms with van der Waals surface area (Å²) in [5, 5.41) is 13.0. The van der Waals surface area contributed by atoms with Crippen LogP contribution < -0.4 is 4.74 Å². The minimum absolute atomic E-state index is 0.676. The van der Waals surface area contributed by atoms with Crippen molar-refractivity contribution in [2.45, 2.75) is 9.79 Å². The van der Waals surface area contributed by atoms with Crippen LogP contribution in [0.2, 0.25) is 0 Å². The van der Waals surface area contributed by atoms with Gasteiger partial charge in [-0.05, 0) is 43.4 Å². The molecule has 0 radical (unpaired) electrons. The molecule has 0 bridgehead atoms. The molecular formula is C20H25N3O2S. The lowest BCUT2D eigenvalue weighted by atomic mass is 10.1. The molecule has 2 aromatic carbocycles. The fourth-order valence-electron chi connectivity index (χ4n) is 2.89. The SMILES string of the molecule is COc1ccc(Sc2ccc(C(CN3CCN(C)CC3)=NO)cc2)cc1. The Bertz CT molecular complexity index is 724. The second-order valence-corrected chi connectivity index (χ2v) is 7.58. The number of benzene rings is 2. The van der Waals surface area contributed by atoms with E-state index in [-0.39, 0.29) is 0 Å². The van der Waals surface area contributed by atoms with Crippen molar-refractivity contribution in [2.75, 3.05) is 46.9 Å². The van der Waals surface area contributed by atoms with Gasteiger partial charge in [0.15, 0.2) is 0 Å². The third kappa shape index (κ3) is 5.00. The Balaban J connectivity index is 1.61. The molecule has 1 saturated heterocycles. The molecule has 0 unspecified atom stereocenters. The summed E-state index contributed by atoms with van der Waals surface area (Å²) in [5.41, 5.74) is 1.68. The highest BCUT2D eigenvalue weighted by Gasteiger charge is 2.16. The molecule has 0 aliphatic carbocycles. The average Bonchev–Trinajstić information content (AvgIpc) is 2.69. The van der Waals surface area contributed by atoms with Gasteiger partial charge in [-0.2, -0.15) is 0 Å². The van der Waals surface area contributed by atoms with Crippen LogP contribution in [0, 0.1) is 0 Å². The predicted octanol–water partition coefficient (Wildman–Crippen LogP) is 3.27. The molecule has 0 saturated carbocycles. The third-order valence-corrected chi connectivity index (χ3v) is 5.59. The molecule has 3 rings (SSSR count). The van der Waals surface area contributed by atoms with Crippen LogP contribution in [0.25, 0.3) is 0 Å². The zero-order valence-corrected chi connectivity index (χ0v) is 16.1. The Labute approximate surface area is 159 Å². The van der Waals surface area contributed by atoms with Gasteiger partial charge in [-0.1, -0.05) is 29.1 Å². The van der Waals surface area contributed by atoms with Gasteiger partial charge in [0.2, 0.25) is 0 Å². The molecule has 1 N–H and O–H groups in total. The molecule has 0 amide bonds. The van der Waals surface area contributed by atoms with Crippen LogP contribution in [0.3, 0.4) is 0 Å². The first kappa shape index (κ1) is 18.8. The highest BCUT2D eigenvalue weighted by Crippen LogP contribution is 2.29. The summed E-state index contributed by atoms with van der Waals surface area (Å²) in [6.07, 6.45) is 0. The zero-order valence-electron chi connectivity index (χ0n) is 15.3. The molecule has 1 aliphatic heterocycles. The highest BCUT2D eigenvalue weighted by molar-refractivity contribution is 7.99. The molecule has 0 aromatic heterocycles. The first-order chi connectivity index (χ1) is 12.7. The Hall–Kier alpha value is -2.02. The molecule has 6 heteroatoms. The van der Waals surface area contributed by atoms with Gasteiger partial charge in [0.05, 0.1) is 7.11 Å². The lowest BCUT2D eigenvalue weighted by Crippen LogP contribution is -2.46. The number of hydrogen-bond donors (Lipinski definition) is 1. The number of likely N-dealkylation sites (N-methyl/N-ethyl adjacent to an activating group) is 1. The van der Waals surface area contributed by atoms with Crippen LogP contribution >= 0.6 is 11.8 Å². The average molecular weight is 372 g/mol. The van der Waals surface area contributed by atoms with Crippen LogP contribution in [0.15, 0.2) is 63.5 Å². The molecular weight excluding hydrogens is 346 g/mol. The molecule has 26 heavy (non-hydrogen) atoms. The molecule has 1 fully saturated rings. The van der Waals surface area contributed by atoms with Gasteiger partial charge in [0, 0.05) is 48.1 Å². The first-order valence-electron chi connectivity index (χ1n) is 8.72.